The molecular formula is C20H33N3O. The molecule has 1 heterocycles. The molecule has 1 aliphatic heterocycles. The van der Waals surface area contributed by atoms with Crippen LogP contribution >= 0.6 is 0 Å². The molecule has 0 radical (unpaired) electrons. The molecule has 1 N–H and O–H groups in total. The largest absolute Gasteiger partial charge is 0.381 e. The van der Waals surface area contributed by atoms with Gasteiger partial charge in [-0.15, -0.1) is 0 Å². The van der Waals surface area contributed by atoms with E-state index in [1.807, 2.05) is 7.05 Å². The molecule has 0 amide bonds. The number of nitrogens with one attached hydrogen (secondary N) is 1. The second-order valence-electron chi connectivity index (χ2n) is 6.84. The van der Waals surface area contributed by atoms with Crippen molar-refractivity contribution in [3.05, 3.63) is 35.9 Å². The summed E-state index contributed by atoms with van der Waals surface area (Å²) in [4.78, 5) is 6.68. The van der Waals surface area contributed by atoms with Crippen LogP contribution in [0.4, 0.5) is 0 Å². The monoisotopic (exact) mass is 331 g/mol. The molecule has 134 valence electrons. The molecule has 0 saturated carbocycles. The molecular weight excluding hydrogens is 298 g/mol. The third-order valence-electron chi connectivity index (χ3n) is 5.02. The minimum Gasteiger partial charge on any atom is -0.381 e. The molecule has 4 heteroatoms. The van der Waals surface area contributed by atoms with Gasteiger partial charge in [-0.05, 0) is 43.1 Å². The Morgan fingerprint density at radius 3 is 2.67 bits per heavy atom. The molecule has 1 aliphatic rings. The summed E-state index contributed by atoms with van der Waals surface area (Å²) in [6.07, 6.45) is 4.74. The van der Waals surface area contributed by atoms with E-state index in [9.17, 15) is 0 Å². The van der Waals surface area contributed by atoms with Gasteiger partial charge in [-0.1, -0.05) is 37.3 Å². The Hall–Kier alpha value is -1.55. The zero-order chi connectivity index (χ0) is 17.2. The first kappa shape index (κ1) is 18.8. The van der Waals surface area contributed by atoms with E-state index in [1.54, 1.807) is 0 Å². The van der Waals surface area contributed by atoms with Crippen molar-refractivity contribution in [2.45, 2.75) is 38.5 Å². The number of hydrogen-bond acceptors (Lipinski definition) is 2. The number of hydrogen-bond donors (Lipinski definition) is 1. The van der Waals surface area contributed by atoms with Gasteiger partial charge >= 0.3 is 0 Å². The van der Waals surface area contributed by atoms with Crippen LogP contribution in [0.3, 0.4) is 0 Å². The summed E-state index contributed by atoms with van der Waals surface area (Å²) in [5, 5.41) is 3.51. The molecule has 0 aliphatic carbocycles. The topological polar surface area (TPSA) is 36.9 Å². The highest BCUT2D eigenvalue weighted by atomic mass is 16.5. The Kier molecular flexibility index (Phi) is 8.10. The summed E-state index contributed by atoms with van der Waals surface area (Å²) in [5.41, 5.74) is 1.40. The standard InChI is InChI=1S/C20H33N3O/c1-17(19-7-5-4-6-8-19)9-13-22-20(21-2)23(3)14-10-18-11-15-24-16-12-18/h4-8,17-18H,9-16H2,1-3H3,(H,21,22). The van der Waals surface area contributed by atoms with Gasteiger partial charge in [0.1, 0.15) is 0 Å². The highest BCUT2D eigenvalue weighted by molar-refractivity contribution is 5.79. The molecule has 1 aromatic rings. The molecule has 2 rings (SSSR count). The van der Waals surface area contributed by atoms with Crippen molar-refractivity contribution < 1.29 is 4.74 Å². The maximum Gasteiger partial charge on any atom is 0.193 e. The first-order chi connectivity index (χ1) is 11.7. The maximum atomic E-state index is 5.44. The Labute approximate surface area is 147 Å². The van der Waals surface area contributed by atoms with Gasteiger partial charge in [0.05, 0.1) is 0 Å². The van der Waals surface area contributed by atoms with Gasteiger partial charge in [-0.25, -0.2) is 0 Å². The summed E-state index contributed by atoms with van der Waals surface area (Å²) in [6.45, 7) is 6.15. The highest BCUT2D eigenvalue weighted by Gasteiger charge is 2.15. The molecule has 0 spiro atoms. The van der Waals surface area contributed by atoms with Crippen LogP contribution in [-0.2, 0) is 4.74 Å². The minimum absolute atomic E-state index is 0.560. The average Bonchev–Trinajstić information content (AvgIpc) is 2.64. The quantitative estimate of drug-likeness (QED) is 0.614. The van der Waals surface area contributed by atoms with Crippen molar-refractivity contribution in [1.29, 1.82) is 0 Å². The molecule has 0 aromatic heterocycles. The van der Waals surface area contributed by atoms with E-state index >= 15 is 0 Å². The Morgan fingerprint density at radius 2 is 2.00 bits per heavy atom. The lowest BCUT2D eigenvalue weighted by molar-refractivity contribution is 0.0625. The summed E-state index contributed by atoms with van der Waals surface area (Å²) < 4.78 is 5.44. The van der Waals surface area contributed by atoms with Gasteiger partial charge in [-0.2, -0.15) is 0 Å². The second kappa shape index (κ2) is 10.3. The summed E-state index contributed by atoms with van der Waals surface area (Å²) in [7, 11) is 4.00. The SMILES string of the molecule is CN=C(NCCC(C)c1ccccc1)N(C)CCC1CCOCC1. The number of ether oxygens (including phenoxy) is 1. The van der Waals surface area contributed by atoms with Crippen molar-refractivity contribution in [3.63, 3.8) is 0 Å². The second-order valence-corrected chi connectivity index (χ2v) is 6.84. The Balaban J connectivity index is 1.69. The third-order valence-corrected chi connectivity index (χ3v) is 5.02. The van der Waals surface area contributed by atoms with Crippen molar-refractivity contribution in [2.75, 3.05) is 40.4 Å². The summed E-state index contributed by atoms with van der Waals surface area (Å²) >= 11 is 0. The van der Waals surface area contributed by atoms with Crippen molar-refractivity contribution in [1.82, 2.24) is 10.2 Å². The number of guanidine groups is 1. The third kappa shape index (κ3) is 6.16. The van der Waals surface area contributed by atoms with Gasteiger partial charge in [0.15, 0.2) is 5.96 Å². The van der Waals surface area contributed by atoms with Crippen molar-refractivity contribution in [2.24, 2.45) is 10.9 Å². The van der Waals surface area contributed by atoms with Gasteiger partial charge in [0, 0.05) is 40.4 Å². The maximum absolute atomic E-state index is 5.44. The van der Waals surface area contributed by atoms with Crippen molar-refractivity contribution in [3.8, 4) is 0 Å². The molecule has 4 nitrogen and oxygen atoms in total. The van der Waals surface area contributed by atoms with Crippen LogP contribution in [0.2, 0.25) is 0 Å². The van der Waals surface area contributed by atoms with E-state index in [0.717, 1.165) is 44.6 Å². The molecule has 1 atom stereocenters. The van der Waals surface area contributed by atoms with E-state index in [2.05, 4.69) is 59.5 Å². The fourth-order valence-corrected chi connectivity index (χ4v) is 3.25. The lowest BCUT2D eigenvalue weighted by atomic mass is 9.96. The van der Waals surface area contributed by atoms with E-state index < -0.39 is 0 Å². The van der Waals surface area contributed by atoms with Crippen LogP contribution in [-0.4, -0.2) is 51.3 Å². The van der Waals surface area contributed by atoms with Gasteiger partial charge < -0.3 is 15.0 Å². The van der Waals surface area contributed by atoms with Gasteiger partial charge in [0.2, 0.25) is 0 Å². The minimum atomic E-state index is 0.560. The molecule has 1 saturated heterocycles. The first-order valence-corrected chi connectivity index (χ1v) is 9.25. The fourth-order valence-electron chi connectivity index (χ4n) is 3.25. The smallest absolute Gasteiger partial charge is 0.193 e. The molecule has 1 fully saturated rings. The first-order valence-electron chi connectivity index (χ1n) is 9.25. The van der Waals surface area contributed by atoms with E-state index in [0.29, 0.717) is 5.92 Å². The normalized spacial score (nSPS) is 17.5. The van der Waals surface area contributed by atoms with Crippen LogP contribution in [0.15, 0.2) is 35.3 Å². The van der Waals surface area contributed by atoms with E-state index in [1.165, 1.54) is 24.8 Å². The number of aliphatic imine (C=N–C) groups is 1. The number of nitrogens with zero attached hydrogens (tertiary/aromatic N) is 2. The predicted octanol–water partition coefficient (Wildman–Crippen LogP) is 3.50. The van der Waals surface area contributed by atoms with Crippen LogP contribution in [0, 0.1) is 5.92 Å². The zero-order valence-electron chi connectivity index (χ0n) is 15.5. The van der Waals surface area contributed by atoms with Crippen LogP contribution < -0.4 is 5.32 Å². The molecule has 1 aromatic carbocycles. The summed E-state index contributed by atoms with van der Waals surface area (Å²) in [5.74, 6) is 2.36. The van der Waals surface area contributed by atoms with Gasteiger partial charge in [-0.3, -0.25) is 4.99 Å². The molecule has 0 bridgehead atoms. The lowest BCUT2D eigenvalue weighted by Gasteiger charge is -2.27. The van der Waals surface area contributed by atoms with Crippen LogP contribution in [0.25, 0.3) is 0 Å². The fraction of sp³-hybridized carbons (Fsp3) is 0.650. The number of benzene rings is 1. The van der Waals surface area contributed by atoms with Crippen molar-refractivity contribution >= 4 is 5.96 Å². The lowest BCUT2D eigenvalue weighted by Crippen LogP contribution is -2.40. The van der Waals surface area contributed by atoms with E-state index in [4.69, 9.17) is 4.74 Å². The molecule has 1 unspecified atom stereocenters. The number of rotatable bonds is 7. The van der Waals surface area contributed by atoms with Gasteiger partial charge in [0.25, 0.3) is 0 Å². The Bertz CT molecular complexity index is 483. The average molecular weight is 332 g/mol. The predicted molar refractivity (Wildman–Crippen MR) is 102 cm³/mol. The van der Waals surface area contributed by atoms with E-state index in [-0.39, 0.29) is 0 Å². The highest BCUT2D eigenvalue weighted by Crippen LogP contribution is 2.19. The summed E-state index contributed by atoms with van der Waals surface area (Å²) in [6, 6.07) is 10.7. The Morgan fingerprint density at radius 1 is 1.29 bits per heavy atom. The molecule has 24 heavy (non-hydrogen) atoms. The van der Waals surface area contributed by atoms with Crippen LogP contribution in [0.1, 0.15) is 44.1 Å². The van der Waals surface area contributed by atoms with Crippen LogP contribution in [0.5, 0.6) is 0 Å². The zero-order valence-corrected chi connectivity index (χ0v) is 15.5.